The highest BCUT2D eigenvalue weighted by atomic mass is 16.3. The molecule has 1 aromatic heterocycles. The van der Waals surface area contributed by atoms with E-state index in [1.807, 2.05) is 0 Å². The van der Waals surface area contributed by atoms with Crippen LogP contribution in [-0.4, -0.2) is 16.0 Å². The second-order valence-corrected chi connectivity index (χ2v) is 2.77. The Morgan fingerprint density at radius 3 is 2.92 bits per heavy atom. The number of benzene rings is 1. The van der Waals surface area contributed by atoms with Crippen molar-refractivity contribution in [1.29, 1.82) is 0 Å². The summed E-state index contributed by atoms with van der Waals surface area (Å²) >= 11 is 0. The first-order valence-electron chi connectivity index (χ1n) is 3.79. The summed E-state index contributed by atoms with van der Waals surface area (Å²) in [6, 6.07) is 5.00. The molecule has 2 aromatic rings. The number of nitrogens with two attached hydrogens (primary N) is 1. The minimum Gasteiger partial charge on any atom is -0.506 e. The number of nitrogens with one attached hydrogen (secondary N) is 1. The van der Waals surface area contributed by atoms with Gasteiger partial charge in [0, 0.05) is 11.6 Å². The van der Waals surface area contributed by atoms with Crippen LogP contribution in [0.3, 0.4) is 0 Å². The van der Waals surface area contributed by atoms with E-state index in [9.17, 15) is 9.90 Å². The topological polar surface area (TPSA) is 79.1 Å². The summed E-state index contributed by atoms with van der Waals surface area (Å²) in [5.41, 5.74) is 6.11. The van der Waals surface area contributed by atoms with Crippen molar-refractivity contribution in [2.45, 2.75) is 0 Å². The number of primary amides is 1. The molecule has 0 saturated carbocycles. The van der Waals surface area contributed by atoms with Gasteiger partial charge in [0.2, 0.25) is 0 Å². The van der Waals surface area contributed by atoms with Crippen molar-refractivity contribution in [2.75, 3.05) is 0 Å². The summed E-state index contributed by atoms with van der Waals surface area (Å²) in [7, 11) is 0. The molecular weight excluding hydrogens is 168 g/mol. The van der Waals surface area contributed by atoms with E-state index in [1.54, 1.807) is 18.2 Å². The zero-order valence-corrected chi connectivity index (χ0v) is 6.74. The number of aromatic nitrogens is 1. The number of rotatable bonds is 1. The fourth-order valence-corrected chi connectivity index (χ4v) is 1.34. The van der Waals surface area contributed by atoms with E-state index < -0.39 is 5.91 Å². The molecule has 1 aromatic carbocycles. The van der Waals surface area contributed by atoms with Crippen LogP contribution >= 0.6 is 0 Å². The zero-order valence-electron chi connectivity index (χ0n) is 6.74. The molecule has 0 spiro atoms. The molecule has 0 bridgehead atoms. The van der Waals surface area contributed by atoms with Gasteiger partial charge in [0.25, 0.3) is 5.91 Å². The van der Waals surface area contributed by atoms with Crippen molar-refractivity contribution in [3.63, 3.8) is 0 Å². The molecule has 0 atom stereocenters. The van der Waals surface area contributed by atoms with Crippen molar-refractivity contribution in [2.24, 2.45) is 5.73 Å². The number of carbonyl (C=O) groups is 1. The first-order chi connectivity index (χ1) is 6.20. The van der Waals surface area contributed by atoms with Gasteiger partial charge in [0.1, 0.15) is 5.75 Å². The van der Waals surface area contributed by atoms with Gasteiger partial charge in [-0.1, -0.05) is 6.07 Å². The second-order valence-electron chi connectivity index (χ2n) is 2.77. The highest BCUT2D eigenvalue weighted by Crippen LogP contribution is 2.25. The molecule has 0 aliphatic heterocycles. The van der Waals surface area contributed by atoms with Crippen molar-refractivity contribution < 1.29 is 9.90 Å². The molecule has 1 heterocycles. The molecule has 2 rings (SSSR count). The Kier molecular flexibility index (Phi) is 1.48. The maximum Gasteiger partial charge on any atom is 0.250 e. The predicted octanol–water partition coefficient (Wildman–Crippen LogP) is 0.972. The molecule has 0 aliphatic rings. The van der Waals surface area contributed by atoms with Crippen molar-refractivity contribution in [1.82, 2.24) is 4.98 Å². The van der Waals surface area contributed by atoms with Gasteiger partial charge in [0.05, 0.1) is 11.1 Å². The lowest BCUT2D eigenvalue weighted by atomic mass is 10.1. The Bertz CT molecular complexity index is 473. The number of fused-ring (bicyclic) bond motifs is 1. The van der Waals surface area contributed by atoms with Crippen LogP contribution in [0.25, 0.3) is 10.9 Å². The molecule has 0 unspecified atom stereocenters. The lowest BCUT2D eigenvalue weighted by Gasteiger charge is -1.96. The molecular formula is C9H8N2O2. The summed E-state index contributed by atoms with van der Waals surface area (Å²) in [5, 5.41) is 9.94. The zero-order chi connectivity index (χ0) is 9.42. The number of hydrogen-bond acceptors (Lipinski definition) is 2. The first-order valence-corrected chi connectivity index (χ1v) is 3.79. The number of para-hydroxylation sites is 1. The normalized spacial score (nSPS) is 10.5. The van der Waals surface area contributed by atoms with E-state index in [1.165, 1.54) is 6.20 Å². The molecule has 0 aliphatic carbocycles. The quantitative estimate of drug-likeness (QED) is 0.605. The lowest BCUT2D eigenvalue weighted by molar-refractivity contribution is 0.100. The van der Waals surface area contributed by atoms with Gasteiger partial charge in [0.15, 0.2) is 0 Å². The number of aromatic hydroxyl groups is 1. The van der Waals surface area contributed by atoms with Crippen LogP contribution in [-0.2, 0) is 0 Å². The first kappa shape index (κ1) is 7.67. The van der Waals surface area contributed by atoms with E-state index in [0.717, 1.165) is 0 Å². The summed E-state index contributed by atoms with van der Waals surface area (Å²) in [6.45, 7) is 0. The van der Waals surface area contributed by atoms with Gasteiger partial charge in [-0.15, -0.1) is 0 Å². The Hall–Kier alpha value is -1.97. The molecule has 0 radical (unpaired) electrons. The summed E-state index contributed by atoms with van der Waals surface area (Å²) in [6.07, 6.45) is 1.43. The van der Waals surface area contributed by atoms with Crippen molar-refractivity contribution in [3.05, 3.63) is 30.0 Å². The summed E-state index contributed by atoms with van der Waals surface area (Å²) in [4.78, 5) is 13.7. The fourth-order valence-electron chi connectivity index (χ4n) is 1.34. The molecule has 1 amide bonds. The number of aromatic amines is 1. The van der Waals surface area contributed by atoms with E-state index in [2.05, 4.69) is 4.98 Å². The predicted molar refractivity (Wildman–Crippen MR) is 48.5 cm³/mol. The minimum absolute atomic E-state index is 0.123. The van der Waals surface area contributed by atoms with Crippen molar-refractivity contribution in [3.8, 4) is 5.75 Å². The smallest absolute Gasteiger partial charge is 0.250 e. The van der Waals surface area contributed by atoms with Crippen LogP contribution in [0.1, 0.15) is 10.4 Å². The highest BCUT2D eigenvalue weighted by molar-refractivity contribution is 6.06. The summed E-state index contributed by atoms with van der Waals surface area (Å²) < 4.78 is 0. The third kappa shape index (κ3) is 1.03. The third-order valence-corrected chi connectivity index (χ3v) is 1.96. The standard InChI is InChI=1S/C9H8N2O2/c10-9(13)6-3-1-2-5-7(12)4-11-8(5)6/h1-4,11-12H,(H2,10,13). The molecule has 4 nitrogen and oxygen atoms in total. The molecule has 4 heteroatoms. The van der Waals surface area contributed by atoms with Crippen LogP contribution in [0.2, 0.25) is 0 Å². The van der Waals surface area contributed by atoms with Crippen LogP contribution in [0, 0.1) is 0 Å². The Balaban J connectivity index is 2.84. The van der Waals surface area contributed by atoms with Gasteiger partial charge in [-0.05, 0) is 12.1 Å². The molecule has 66 valence electrons. The Morgan fingerprint density at radius 1 is 1.46 bits per heavy atom. The van der Waals surface area contributed by atoms with Crippen molar-refractivity contribution >= 4 is 16.8 Å². The largest absolute Gasteiger partial charge is 0.506 e. The molecule has 4 N–H and O–H groups in total. The average molecular weight is 176 g/mol. The molecule has 0 saturated heterocycles. The summed E-state index contributed by atoms with van der Waals surface area (Å²) in [5.74, 6) is -0.384. The fraction of sp³-hybridized carbons (Fsp3) is 0. The number of H-pyrrole nitrogens is 1. The van der Waals surface area contributed by atoms with Gasteiger partial charge in [-0.3, -0.25) is 4.79 Å². The van der Waals surface area contributed by atoms with Crippen LogP contribution in [0.5, 0.6) is 5.75 Å². The maximum atomic E-state index is 10.9. The van der Waals surface area contributed by atoms with Gasteiger partial charge < -0.3 is 15.8 Å². The SMILES string of the molecule is NC(=O)c1cccc2c(O)c[nH]c12. The van der Waals surface area contributed by atoms with E-state index in [-0.39, 0.29) is 5.75 Å². The van der Waals surface area contributed by atoms with Crippen LogP contribution < -0.4 is 5.73 Å². The van der Waals surface area contributed by atoms with Crippen LogP contribution in [0.15, 0.2) is 24.4 Å². The van der Waals surface area contributed by atoms with Gasteiger partial charge >= 0.3 is 0 Å². The second kappa shape index (κ2) is 2.52. The average Bonchev–Trinajstić information content (AvgIpc) is 2.48. The molecule has 0 fully saturated rings. The van der Waals surface area contributed by atoms with Gasteiger partial charge in [-0.2, -0.15) is 0 Å². The van der Waals surface area contributed by atoms with E-state index >= 15 is 0 Å². The van der Waals surface area contributed by atoms with Crippen LogP contribution in [0.4, 0.5) is 0 Å². The Labute approximate surface area is 74.0 Å². The molecule has 13 heavy (non-hydrogen) atoms. The minimum atomic E-state index is -0.507. The highest BCUT2D eigenvalue weighted by Gasteiger charge is 2.09. The number of amides is 1. The van der Waals surface area contributed by atoms with Gasteiger partial charge in [-0.25, -0.2) is 0 Å². The van der Waals surface area contributed by atoms with E-state index in [0.29, 0.717) is 16.5 Å². The maximum absolute atomic E-state index is 10.9. The monoisotopic (exact) mass is 176 g/mol. The third-order valence-electron chi connectivity index (χ3n) is 1.96. The number of carbonyl (C=O) groups excluding carboxylic acids is 1. The lowest BCUT2D eigenvalue weighted by Crippen LogP contribution is -2.11. The number of hydrogen-bond donors (Lipinski definition) is 3. The Morgan fingerprint density at radius 2 is 2.23 bits per heavy atom. The van der Waals surface area contributed by atoms with E-state index in [4.69, 9.17) is 5.73 Å².